The zero-order valence-corrected chi connectivity index (χ0v) is 6.06. The highest BCUT2D eigenvalue weighted by molar-refractivity contribution is 8.00. The third kappa shape index (κ3) is 0.708. The standard InChI is InChI=1S/C7H6N2S/c8-10-5-9-6-3-1-2-4-7(6)10/h1-5,8H. The maximum Gasteiger partial charge on any atom is 0.0785 e. The predicted octanol–water partition coefficient (Wildman–Crippen LogP) is 2.10. The average Bonchev–Trinajstić information content (AvgIpc) is 2.34. The van der Waals surface area contributed by atoms with Crippen LogP contribution < -0.4 is 0 Å². The van der Waals surface area contributed by atoms with Crippen LogP contribution >= 0.6 is 0 Å². The van der Waals surface area contributed by atoms with Crippen molar-refractivity contribution in [2.45, 2.75) is 4.90 Å². The Bertz CT molecular complexity index is 317. The van der Waals surface area contributed by atoms with Crippen molar-refractivity contribution in [2.24, 2.45) is 4.99 Å². The number of benzene rings is 1. The maximum absolute atomic E-state index is 7.49. The van der Waals surface area contributed by atoms with Gasteiger partial charge in [-0.15, -0.1) is 0 Å². The first-order valence-corrected chi connectivity index (χ1v) is 4.24. The zero-order chi connectivity index (χ0) is 6.97. The Labute approximate surface area is 61.5 Å². The Balaban J connectivity index is 2.70. The molecule has 0 fully saturated rings. The van der Waals surface area contributed by atoms with Crippen LogP contribution in [0.2, 0.25) is 0 Å². The Kier molecular flexibility index (Phi) is 1.17. The second-order valence-corrected chi connectivity index (χ2v) is 3.37. The molecule has 1 aromatic rings. The lowest BCUT2D eigenvalue weighted by atomic mass is 10.3. The number of aliphatic imine (C=N–C) groups is 1. The number of para-hydroxylation sites is 1. The van der Waals surface area contributed by atoms with Gasteiger partial charge in [-0.05, 0) is 22.8 Å². The van der Waals surface area contributed by atoms with Gasteiger partial charge in [-0.25, -0.2) is 4.99 Å². The Morgan fingerprint density at radius 2 is 2.10 bits per heavy atom. The molecule has 50 valence electrons. The van der Waals surface area contributed by atoms with E-state index < -0.39 is 10.7 Å². The van der Waals surface area contributed by atoms with Gasteiger partial charge in [0.2, 0.25) is 0 Å². The molecule has 0 aromatic heterocycles. The van der Waals surface area contributed by atoms with Crippen molar-refractivity contribution in [1.82, 2.24) is 0 Å². The number of hydrogen-bond acceptors (Lipinski definition) is 2. The van der Waals surface area contributed by atoms with Gasteiger partial charge in [-0.3, -0.25) is 4.78 Å². The molecule has 1 N–H and O–H groups in total. The number of fused-ring (bicyclic) bond motifs is 1. The van der Waals surface area contributed by atoms with Crippen LogP contribution in [0.3, 0.4) is 0 Å². The molecule has 0 bridgehead atoms. The first-order chi connectivity index (χ1) is 4.88. The molecule has 1 heterocycles. The van der Waals surface area contributed by atoms with E-state index in [1.165, 1.54) is 0 Å². The lowest BCUT2D eigenvalue weighted by molar-refractivity contribution is 1.40. The van der Waals surface area contributed by atoms with Crippen LogP contribution in [-0.2, 0) is 10.7 Å². The van der Waals surface area contributed by atoms with Crippen molar-refractivity contribution in [2.75, 3.05) is 0 Å². The van der Waals surface area contributed by atoms with Crippen LogP contribution in [0.1, 0.15) is 0 Å². The number of nitrogens with zero attached hydrogens (tertiary/aromatic N) is 1. The van der Waals surface area contributed by atoms with Gasteiger partial charge in [0, 0.05) is 4.90 Å². The third-order valence-electron chi connectivity index (χ3n) is 1.40. The topological polar surface area (TPSA) is 36.2 Å². The molecule has 2 nitrogen and oxygen atoms in total. The molecule has 0 saturated heterocycles. The lowest BCUT2D eigenvalue weighted by Crippen LogP contribution is -1.80. The van der Waals surface area contributed by atoms with E-state index in [0.29, 0.717) is 0 Å². The average molecular weight is 150 g/mol. The molecule has 1 aliphatic rings. The van der Waals surface area contributed by atoms with Gasteiger partial charge in [-0.1, -0.05) is 12.1 Å². The van der Waals surface area contributed by atoms with E-state index in [1.54, 1.807) is 5.55 Å². The second-order valence-electron chi connectivity index (χ2n) is 2.04. The summed E-state index contributed by atoms with van der Waals surface area (Å²) in [7, 11) is -0.489. The summed E-state index contributed by atoms with van der Waals surface area (Å²) >= 11 is 0. The van der Waals surface area contributed by atoms with E-state index in [0.717, 1.165) is 10.6 Å². The molecule has 3 heteroatoms. The van der Waals surface area contributed by atoms with Crippen molar-refractivity contribution in [3.05, 3.63) is 24.3 Å². The number of rotatable bonds is 0. The largest absolute Gasteiger partial charge is 0.270 e. The summed E-state index contributed by atoms with van der Waals surface area (Å²) in [5, 5.41) is 0. The Morgan fingerprint density at radius 1 is 1.30 bits per heavy atom. The van der Waals surface area contributed by atoms with Gasteiger partial charge in [0.1, 0.15) is 0 Å². The van der Waals surface area contributed by atoms with Crippen molar-refractivity contribution in [3.8, 4) is 0 Å². The highest BCUT2D eigenvalue weighted by Gasteiger charge is 2.07. The van der Waals surface area contributed by atoms with Crippen molar-refractivity contribution in [1.29, 1.82) is 4.78 Å². The van der Waals surface area contributed by atoms with Gasteiger partial charge in [0.15, 0.2) is 0 Å². The van der Waals surface area contributed by atoms with Crippen LogP contribution in [0, 0.1) is 4.78 Å². The molecule has 0 saturated carbocycles. The van der Waals surface area contributed by atoms with Crippen LogP contribution in [0.15, 0.2) is 34.2 Å². The quantitative estimate of drug-likeness (QED) is 0.588. The van der Waals surface area contributed by atoms with E-state index in [-0.39, 0.29) is 0 Å². The summed E-state index contributed by atoms with van der Waals surface area (Å²) < 4.78 is 7.49. The summed E-state index contributed by atoms with van der Waals surface area (Å²) in [5.41, 5.74) is 2.64. The number of hydrogen-bond donors (Lipinski definition) is 1. The SMILES string of the molecule is N=S1C=Nc2ccccc21. The lowest BCUT2D eigenvalue weighted by Gasteiger charge is -1.93. The third-order valence-corrected chi connectivity index (χ3v) is 2.53. The Hall–Kier alpha value is -0.960. The first-order valence-electron chi connectivity index (χ1n) is 2.95. The molecule has 1 atom stereocenters. The van der Waals surface area contributed by atoms with Gasteiger partial charge >= 0.3 is 0 Å². The van der Waals surface area contributed by atoms with E-state index in [2.05, 4.69) is 4.99 Å². The fraction of sp³-hybridized carbons (Fsp3) is 0. The molecule has 1 aromatic carbocycles. The van der Waals surface area contributed by atoms with Crippen molar-refractivity contribution < 1.29 is 0 Å². The molecule has 1 unspecified atom stereocenters. The molecular weight excluding hydrogens is 144 g/mol. The van der Waals surface area contributed by atoms with Crippen LogP contribution in [-0.4, -0.2) is 5.55 Å². The van der Waals surface area contributed by atoms with Gasteiger partial charge < -0.3 is 0 Å². The predicted molar refractivity (Wildman–Crippen MR) is 42.9 cm³/mol. The zero-order valence-electron chi connectivity index (χ0n) is 5.24. The smallest absolute Gasteiger partial charge is 0.0785 e. The summed E-state index contributed by atoms with van der Waals surface area (Å²) in [6, 6.07) is 7.78. The van der Waals surface area contributed by atoms with Crippen molar-refractivity contribution in [3.63, 3.8) is 0 Å². The first kappa shape index (κ1) is 5.80. The summed E-state index contributed by atoms with van der Waals surface area (Å²) in [4.78, 5) is 5.12. The normalized spacial score (nSPS) is 21.0. The fourth-order valence-electron chi connectivity index (χ4n) is 0.916. The Morgan fingerprint density at radius 3 is 2.90 bits per heavy atom. The van der Waals surface area contributed by atoms with Gasteiger partial charge in [0.05, 0.1) is 11.2 Å². The monoisotopic (exact) mass is 150 g/mol. The molecule has 0 radical (unpaired) electrons. The minimum absolute atomic E-state index is 0.489. The highest BCUT2D eigenvalue weighted by Crippen LogP contribution is 2.26. The van der Waals surface area contributed by atoms with Crippen LogP contribution in [0.4, 0.5) is 5.69 Å². The molecular formula is C7H6N2S. The summed E-state index contributed by atoms with van der Waals surface area (Å²) in [6.45, 7) is 0. The van der Waals surface area contributed by atoms with Crippen LogP contribution in [0.5, 0.6) is 0 Å². The molecule has 1 aliphatic heterocycles. The molecule has 2 rings (SSSR count). The highest BCUT2D eigenvalue weighted by atomic mass is 32.2. The van der Waals surface area contributed by atoms with Crippen molar-refractivity contribution >= 4 is 21.9 Å². The maximum atomic E-state index is 7.49. The van der Waals surface area contributed by atoms with Crippen LogP contribution in [0.25, 0.3) is 0 Å². The van der Waals surface area contributed by atoms with Gasteiger partial charge in [-0.2, -0.15) is 0 Å². The summed E-state index contributed by atoms with van der Waals surface area (Å²) in [6.07, 6.45) is 0. The van der Waals surface area contributed by atoms with E-state index in [9.17, 15) is 0 Å². The molecule has 0 spiro atoms. The minimum Gasteiger partial charge on any atom is -0.270 e. The van der Waals surface area contributed by atoms with E-state index >= 15 is 0 Å². The summed E-state index contributed by atoms with van der Waals surface area (Å²) in [5.74, 6) is 0. The minimum atomic E-state index is -0.489. The second kappa shape index (κ2) is 2.02. The number of nitrogens with one attached hydrogen (secondary N) is 1. The molecule has 10 heavy (non-hydrogen) atoms. The fourth-order valence-corrected chi connectivity index (χ4v) is 1.82. The van der Waals surface area contributed by atoms with E-state index in [4.69, 9.17) is 4.78 Å². The molecule has 0 aliphatic carbocycles. The van der Waals surface area contributed by atoms with E-state index in [1.807, 2.05) is 24.3 Å². The molecule has 0 amide bonds. The van der Waals surface area contributed by atoms with Gasteiger partial charge in [0.25, 0.3) is 0 Å².